The second-order valence-electron chi connectivity index (χ2n) is 5.50. The van der Waals surface area contributed by atoms with Gasteiger partial charge >= 0.3 is 0 Å². The summed E-state index contributed by atoms with van der Waals surface area (Å²) >= 11 is 0. The van der Waals surface area contributed by atoms with Crippen molar-refractivity contribution < 1.29 is 14.3 Å². The van der Waals surface area contributed by atoms with Gasteiger partial charge in [0.15, 0.2) is 0 Å². The molecule has 0 bridgehead atoms. The lowest BCUT2D eigenvalue weighted by atomic mass is 10.2. The Hall–Kier alpha value is -3.02. The molecule has 0 saturated carbocycles. The van der Waals surface area contributed by atoms with Gasteiger partial charge in [-0.05, 0) is 43.7 Å². The first-order chi connectivity index (χ1) is 11.5. The number of nitrogens with one attached hydrogen (secondary N) is 1. The number of imidazole rings is 1. The van der Waals surface area contributed by atoms with Crippen molar-refractivity contribution in [1.29, 1.82) is 0 Å². The summed E-state index contributed by atoms with van der Waals surface area (Å²) in [5.41, 5.74) is 3.54. The van der Waals surface area contributed by atoms with E-state index in [-0.39, 0.29) is 5.91 Å². The number of fused-ring (bicyclic) bond motifs is 1. The molecular weight excluding hydrogens is 306 g/mol. The van der Waals surface area contributed by atoms with Crippen LogP contribution in [0.5, 0.6) is 11.5 Å². The average molecular weight is 325 g/mol. The molecule has 0 spiro atoms. The van der Waals surface area contributed by atoms with Crippen molar-refractivity contribution >= 4 is 17.2 Å². The number of benzene rings is 1. The minimum atomic E-state index is -0.254. The topological polar surface area (TPSA) is 64.9 Å². The number of anilines is 1. The Kier molecular flexibility index (Phi) is 4.12. The first-order valence-corrected chi connectivity index (χ1v) is 7.52. The highest BCUT2D eigenvalue weighted by atomic mass is 16.5. The molecule has 0 aliphatic heterocycles. The third-order valence-electron chi connectivity index (χ3n) is 3.83. The zero-order valence-electron chi connectivity index (χ0n) is 14.1. The standard InChI is InChI=1S/C18H19N3O3/c1-11-7-8-21-16(9-11)19-12(2)17(21)18(22)20-14-10-13(23-3)5-6-15(14)24-4/h5-10H,1-4H3,(H,20,22). The lowest BCUT2D eigenvalue weighted by Crippen LogP contribution is -2.16. The lowest BCUT2D eigenvalue weighted by molar-refractivity contribution is 0.102. The number of aryl methyl sites for hydroxylation is 2. The molecule has 0 radical (unpaired) electrons. The molecule has 0 unspecified atom stereocenters. The van der Waals surface area contributed by atoms with Crippen LogP contribution in [0, 0.1) is 13.8 Å². The molecule has 3 aromatic rings. The van der Waals surface area contributed by atoms with Crippen molar-refractivity contribution in [3.8, 4) is 11.5 Å². The predicted octanol–water partition coefficient (Wildman–Crippen LogP) is 3.22. The highest BCUT2D eigenvalue weighted by molar-refractivity contribution is 6.05. The maximum atomic E-state index is 12.8. The Morgan fingerprint density at radius 2 is 1.92 bits per heavy atom. The van der Waals surface area contributed by atoms with Gasteiger partial charge < -0.3 is 14.8 Å². The molecule has 6 nitrogen and oxygen atoms in total. The number of ether oxygens (including phenoxy) is 2. The second-order valence-corrected chi connectivity index (χ2v) is 5.50. The van der Waals surface area contributed by atoms with Crippen LogP contribution in [-0.4, -0.2) is 29.5 Å². The second kappa shape index (κ2) is 6.23. The van der Waals surface area contributed by atoms with E-state index in [0.717, 1.165) is 11.2 Å². The van der Waals surface area contributed by atoms with Crippen LogP contribution in [0.4, 0.5) is 5.69 Å². The SMILES string of the molecule is COc1ccc(OC)c(NC(=O)c2c(C)nc3cc(C)ccn23)c1. The smallest absolute Gasteiger partial charge is 0.274 e. The fourth-order valence-corrected chi connectivity index (χ4v) is 2.63. The lowest BCUT2D eigenvalue weighted by Gasteiger charge is -2.12. The summed E-state index contributed by atoms with van der Waals surface area (Å²) in [5, 5.41) is 2.88. The summed E-state index contributed by atoms with van der Waals surface area (Å²) in [5.74, 6) is 0.943. The molecule has 24 heavy (non-hydrogen) atoms. The van der Waals surface area contributed by atoms with E-state index in [4.69, 9.17) is 9.47 Å². The summed E-state index contributed by atoms with van der Waals surface area (Å²) in [6, 6.07) is 9.13. The normalized spacial score (nSPS) is 10.7. The van der Waals surface area contributed by atoms with Gasteiger partial charge in [0.1, 0.15) is 22.8 Å². The molecule has 1 aromatic carbocycles. The number of nitrogens with zero attached hydrogens (tertiary/aromatic N) is 2. The van der Waals surface area contributed by atoms with Crippen molar-refractivity contribution in [2.24, 2.45) is 0 Å². The van der Waals surface area contributed by atoms with Gasteiger partial charge in [0.2, 0.25) is 0 Å². The number of hydrogen-bond donors (Lipinski definition) is 1. The highest BCUT2D eigenvalue weighted by Gasteiger charge is 2.18. The molecule has 124 valence electrons. The zero-order chi connectivity index (χ0) is 17.3. The number of carbonyl (C=O) groups excluding carboxylic acids is 1. The average Bonchev–Trinajstić information content (AvgIpc) is 2.89. The Labute approximate surface area is 140 Å². The molecule has 2 aromatic heterocycles. The van der Waals surface area contributed by atoms with E-state index in [1.807, 2.05) is 32.2 Å². The number of carbonyl (C=O) groups is 1. The monoisotopic (exact) mass is 325 g/mol. The van der Waals surface area contributed by atoms with Gasteiger partial charge in [0.25, 0.3) is 5.91 Å². The number of aromatic nitrogens is 2. The number of amides is 1. The molecule has 1 amide bonds. The quantitative estimate of drug-likeness (QED) is 0.800. The maximum absolute atomic E-state index is 12.8. The Bertz CT molecular complexity index is 915. The maximum Gasteiger partial charge on any atom is 0.274 e. The van der Waals surface area contributed by atoms with Crippen LogP contribution in [0.15, 0.2) is 36.5 Å². The molecule has 3 rings (SSSR count). The summed E-state index contributed by atoms with van der Waals surface area (Å²) in [6.07, 6.45) is 1.85. The molecule has 0 saturated heterocycles. The van der Waals surface area contributed by atoms with Crippen molar-refractivity contribution in [2.45, 2.75) is 13.8 Å². The fraction of sp³-hybridized carbons (Fsp3) is 0.222. The largest absolute Gasteiger partial charge is 0.497 e. The van der Waals surface area contributed by atoms with Gasteiger partial charge in [0, 0.05) is 12.3 Å². The summed E-state index contributed by atoms with van der Waals surface area (Å²) in [4.78, 5) is 17.3. The van der Waals surface area contributed by atoms with Gasteiger partial charge in [-0.3, -0.25) is 9.20 Å². The van der Waals surface area contributed by atoms with Gasteiger partial charge in [0.05, 0.1) is 25.6 Å². The van der Waals surface area contributed by atoms with Crippen molar-refractivity contribution in [1.82, 2.24) is 9.38 Å². The van der Waals surface area contributed by atoms with E-state index in [0.29, 0.717) is 28.6 Å². The Morgan fingerprint density at radius 1 is 1.12 bits per heavy atom. The van der Waals surface area contributed by atoms with Crippen LogP contribution in [0.2, 0.25) is 0 Å². The van der Waals surface area contributed by atoms with Crippen LogP contribution in [0.1, 0.15) is 21.7 Å². The summed E-state index contributed by atoms with van der Waals surface area (Å²) in [7, 11) is 3.13. The van der Waals surface area contributed by atoms with Crippen LogP contribution >= 0.6 is 0 Å². The molecule has 0 aliphatic rings. The van der Waals surface area contributed by atoms with Gasteiger partial charge in [-0.2, -0.15) is 0 Å². The Balaban J connectivity index is 2.00. The highest BCUT2D eigenvalue weighted by Crippen LogP contribution is 2.29. The van der Waals surface area contributed by atoms with Crippen LogP contribution in [-0.2, 0) is 0 Å². The molecule has 0 atom stereocenters. The molecule has 1 N–H and O–H groups in total. The fourth-order valence-electron chi connectivity index (χ4n) is 2.63. The number of pyridine rings is 1. The minimum Gasteiger partial charge on any atom is -0.497 e. The molecule has 0 fully saturated rings. The van der Waals surface area contributed by atoms with E-state index in [2.05, 4.69) is 10.3 Å². The summed E-state index contributed by atoms with van der Waals surface area (Å²) < 4.78 is 12.3. The number of rotatable bonds is 4. The van der Waals surface area contributed by atoms with Crippen LogP contribution < -0.4 is 14.8 Å². The van der Waals surface area contributed by atoms with E-state index >= 15 is 0 Å². The third kappa shape index (κ3) is 2.78. The van der Waals surface area contributed by atoms with Gasteiger partial charge in [-0.15, -0.1) is 0 Å². The predicted molar refractivity (Wildman–Crippen MR) is 92.2 cm³/mol. The molecular formula is C18H19N3O3. The third-order valence-corrected chi connectivity index (χ3v) is 3.83. The van der Waals surface area contributed by atoms with Gasteiger partial charge in [-0.25, -0.2) is 4.98 Å². The molecule has 0 aliphatic carbocycles. The minimum absolute atomic E-state index is 0.254. The molecule has 6 heteroatoms. The van der Waals surface area contributed by atoms with E-state index in [1.54, 1.807) is 36.8 Å². The van der Waals surface area contributed by atoms with Crippen molar-refractivity contribution in [3.63, 3.8) is 0 Å². The van der Waals surface area contributed by atoms with Crippen molar-refractivity contribution in [2.75, 3.05) is 19.5 Å². The van der Waals surface area contributed by atoms with Crippen LogP contribution in [0.25, 0.3) is 5.65 Å². The van der Waals surface area contributed by atoms with Crippen LogP contribution in [0.3, 0.4) is 0 Å². The number of hydrogen-bond acceptors (Lipinski definition) is 4. The van der Waals surface area contributed by atoms with E-state index < -0.39 is 0 Å². The van der Waals surface area contributed by atoms with Crippen molar-refractivity contribution in [3.05, 3.63) is 53.5 Å². The zero-order valence-corrected chi connectivity index (χ0v) is 14.1. The Morgan fingerprint density at radius 3 is 2.62 bits per heavy atom. The number of methoxy groups -OCH3 is 2. The first-order valence-electron chi connectivity index (χ1n) is 7.52. The molecule has 2 heterocycles. The van der Waals surface area contributed by atoms with E-state index in [9.17, 15) is 4.79 Å². The van der Waals surface area contributed by atoms with Gasteiger partial charge in [-0.1, -0.05) is 0 Å². The first kappa shape index (κ1) is 15.9. The van der Waals surface area contributed by atoms with E-state index in [1.165, 1.54) is 0 Å². The summed E-state index contributed by atoms with van der Waals surface area (Å²) in [6.45, 7) is 3.81.